The molecule has 0 spiro atoms. The minimum absolute atomic E-state index is 0.182. The summed E-state index contributed by atoms with van der Waals surface area (Å²) < 4.78 is 13.1. The lowest BCUT2D eigenvalue weighted by Gasteiger charge is -2.22. The fourth-order valence-corrected chi connectivity index (χ4v) is 2.15. The zero-order valence-corrected chi connectivity index (χ0v) is 10.7. The van der Waals surface area contributed by atoms with Gasteiger partial charge in [-0.05, 0) is 43.0 Å². The van der Waals surface area contributed by atoms with E-state index in [1.165, 1.54) is 18.9 Å². The van der Waals surface area contributed by atoms with Crippen molar-refractivity contribution in [2.45, 2.75) is 38.8 Å². The summed E-state index contributed by atoms with van der Waals surface area (Å²) in [5.74, 6) is 0.0504. The van der Waals surface area contributed by atoms with Crippen LogP contribution in [0.25, 0.3) is 0 Å². The molecule has 1 aliphatic rings. The second-order valence-corrected chi connectivity index (χ2v) is 5.05. The van der Waals surface area contributed by atoms with Gasteiger partial charge in [0.05, 0.1) is 5.84 Å². The Morgan fingerprint density at radius 2 is 2.22 bits per heavy atom. The van der Waals surface area contributed by atoms with E-state index in [0.29, 0.717) is 12.5 Å². The first-order valence-corrected chi connectivity index (χ1v) is 6.38. The summed E-state index contributed by atoms with van der Waals surface area (Å²) in [5.41, 5.74) is 7.56. The Hall–Kier alpha value is -1.42. The molecule has 1 aromatic carbocycles. The predicted molar refractivity (Wildman–Crippen MR) is 71.1 cm³/mol. The van der Waals surface area contributed by atoms with Gasteiger partial charge in [-0.1, -0.05) is 6.07 Å². The number of hydrogen-bond donors (Lipinski definition) is 2. The van der Waals surface area contributed by atoms with E-state index in [1.54, 1.807) is 6.07 Å². The van der Waals surface area contributed by atoms with E-state index in [4.69, 9.17) is 11.1 Å². The monoisotopic (exact) mass is 249 g/mol. The smallest absolute Gasteiger partial charge is 0.123 e. The van der Waals surface area contributed by atoms with Gasteiger partial charge in [0.15, 0.2) is 0 Å². The standard InChI is InChI=1S/C14H20FN3/c1-10-8-12(15)3-2-11(10)9-18(13-4-5-13)7-6-14(16)17/h2-3,8,13H,4-7,9H2,1H3,(H3,16,17). The van der Waals surface area contributed by atoms with Crippen LogP contribution in [-0.4, -0.2) is 23.3 Å². The topological polar surface area (TPSA) is 53.1 Å². The van der Waals surface area contributed by atoms with Crippen molar-refractivity contribution in [1.29, 1.82) is 5.41 Å². The molecule has 0 radical (unpaired) electrons. The van der Waals surface area contributed by atoms with Crippen molar-refractivity contribution in [2.24, 2.45) is 5.73 Å². The van der Waals surface area contributed by atoms with Gasteiger partial charge in [-0.15, -0.1) is 0 Å². The number of benzene rings is 1. The molecule has 1 aromatic rings. The van der Waals surface area contributed by atoms with Crippen molar-refractivity contribution in [2.75, 3.05) is 6.54 Å². The summed E-state index contributed by atoms with van der Waals surface area (Å²) in [6.45, 7) is 3.58. The predicted octanol–water partition coefficient (Wildman–Crippen LogP) is 2.42. The number of nitrogens with zero attached hydrogens (tertiary/aromatic N) is 1. The summed E-state index contributed by atoms with van der Waals surface area (Å²) in [6, 6.07) is 5.56. The van der Waals surface area contributed by atoms with Crippen LogP contribution in [0.4, 0.5) is 4.39 Å². The first kappa shape index (κ1) is 13.0. The highest BCUT2D eigenvalue weighted by Crippen LogP contribution is 2.29. The molecule has 98 valence electrons. The molecule has 1 saturated carbocycles. The normalized spacial score (nSPS) is 15.1. The lowest BCUT2D eigenvalue weighted by atomic mass is 10.1. The van der Waals surface area contributed by atoms with Gasteiger partial charge in [-0.2, -0.15) is 0 Å². The molecular weight excluding hydrogens is 229 g/mol. The fraction of sp³-hybridized carbons (Fsp3) is 0.500. The number of rotatable bonds is 6. The van der Waals surface area contributed by atoms with Crippen molar-refractivity contribution in [3.63, 3.8) is 0 Å². The van der Waals surface area contributed by atoms with Crippen LogP contribution in [0.1, 0.15) is 30.4 Å². The third-order valence-corrected chi connectivity index (χ3v) is 3.41. The van der Waals surface area contributed by atoms with Gasteiger partial charge in [0.25, 0.3) is 0 Å². The molecule has 0 unspecified atom stereocenters. The van der Waals surface area contributed by atoms with E-state index in [0.717, 1.165) is 24.2 Å². The number of hydrogen-bond acceptors (Lipinski definition) is 2. The first-order chi connectivity index (χ1) is 8.56. The molecule has 0 aromatic heterocycles. The zero-order chi connectivity index (χ0) is 13.1. The van der Waals surface area contributed by atoms with Crippen molar-refractivity contribution >= 4 is 5.84 Å². The van der Waals surface area contributed by atoms with E-state index in [-0.39, 0.29) is 11.7 Å². The average molecular weight is 249 g/mol. The number of nitrogens with one attached hydrogen (secondary N) is 1. The highest BCUT2D eigenvalue weighted by molar-refractivity contribution is 5.76. The Morgan fingerprint density at radius 1 is 1.50 bits per heavy atom. The van der Waals surface area contributed by atoms with Crippen LogP contribution in [-0.2, 0) is 6.54 Å². The highest BCUT2D eigenvalue weighted by atomic mass is 19.1. The summed E-state index contributed by atoms with van der Waals surface area (Å²) in [4.78, 5) is 2.35. The van der Waals surface area contributed by atoms with E-state index < -0.39 is 0 Å². The van der Waals surface area contributed by atoms with Crippen LogP contribution in [0.15, 0.2) is 18.2 Å². The number of aryl methyl sites for hydroxylation is 1. The van der Waals surface area contributed by atoms with Crippen LogP contribution >= 0.6 is 0 Å². The number of nitrogens with two attached hydrogens (primary N) is 1. The molecule has 0 heterocycles. The molecular formula is C14H20FN3. The minimum Gasteiger partial charge on any atom is -0.388 e. The Kier molecular flexibility index (Phi) is 3.97. The Bertz CT molecular complexity index is 441. The second-order valence-electron chi connectivity index (χ2n) is 5.05. The van der Waals surface area contributed by atoms with Gasteiger partial charge in [-0.3, -0.25) is 10.3 Å². The van der Waals surface area contributed by atoms with Crippen LogP contribution in [0.5, 0.6) is 0 Å². The Balaban J connectivity index is 2.01. The van der Waals surface area contributed by atoms with Crippen molar-refractivity contribution in [3.05, 3.63) is 35.1 Å². The molecule has 0 bridgehead atoms. The minimum atomic E-state index is -0.182. The van der Waals surface area contributed by atoms with Gasteiger partial charge in [0.2, 0.25) is 0 Å². The lowest BCUT2D eigenvalue weighted by Crippen LogP contribution is -2.29. The van der Waals surface area contributed by atoms with Crippen LogP contribution in [0.3, 0.4) is 0 Å². The molecule has 0 saturated heterocycles. The summed E-state index contributed by atoms with van der Waals surface area (Å²) in [6.07, 6.45) is 3.05. The molecule has 1 aliphatic carbocycles. The van der Waals surface area contributed by atoms with Crippen LogP contribution in [0.2, 0.25) is 0 Å². The molecule has 1 fully saturated rings. The lowest BCUT2D eigenvalue weighted by molar-refractivity contribution is 0.261. The first-order valence-electron chi connectivity index (χ1n) is 6.38. The van der Waals surface area contributed by atoms with Gasteiger partial charge in [0.1, 0.15) is 5.82 Å². The number of halogens is 1. The summed E-state index contributed by atoms with van der Waals surface area (Å²) in [5, 5.41) is 7.30. The van der Waals surface area contributed by atoms with Gasteiger partial charge >= 0.3 is 0 Å². The Morgan fingerprint density at radius 3 is 2.78 bits per heavy atom. The van der Waals surface area contributed by atoms with Crippen molar-refractivity contribution in [1.82, 2.24) is 4.90 Å². The second kappa shape index (κ2) is 5.48. The maximum absolute atomic E-state index is 13.1. The van der Waals surface area contributed by atoms with E-state index in [1.807, 2.05) is 13.0 Å². The Labute approximate surface area is 107 Å². The molecule has 2 rings (SSSR count). The maximum atomic E-state index is 13.1. The van der Waals surface area contributed by atoms with E-state index in [9.17, 15) is 4.39 Å². The maximum Gasteiger partial charge on any atom is 0.123 e. The third-order valence-electron chi connectivity index (χ3n) is 3.41. The average Bonchev–Trinajstić information content (AvgIpc) is 3.10. The third kappa shape index (κ3) is 3.53. The van der Waals surface area contributed by atoms with Crippen molar-refractivity contribution in [3.8, 4) is 0 Å². The molecule has 18 heavy (non-hydrogen) atoms. The summed E-state index contributed by atoms with van der Waals surface area (Å²) >= 11 is 0. The van der Waals surface area contributed by atoms with E-state index in [2.05, 4.69) is 4.90 Å². The molecule has 0 amide bonds. The van der Waals surface area contributed by atoms with Crippen molar-refractivity contribution < 1.29 is 4.39 Å². The molecule has 3 N–H and O–H groups in total. The summed E-state index contributed by atoms with van der Waals surface area (Å²) in [7, 11) is 0. The fourth-order valence-electron chi connectivity index (χ4n) is 2.15. The molecule has 0 aliphatic heterocycles. The largest absolute Gasteiger partial charge is 0.388 e. The highest BCUT2D eigenvalue weighted by Gasteiger charge is 2.28. The molecule has 4 heteroatoms. The quantitative estimate of drug-likeness (QED) is 0.601. The zero-order valence-electron chi connectivity index (χ0n) is 10.7. The van der Waals surface area contributed by atoms with Gasteiger partial charge in [0, 0.05) is 25.6 Å². The van der Waals surface area contributed by atoms with Crippen LogP contribution < -0.4 is 5.73 Å². The van der Waals surface area contributed by atoms with Gasteiger partial charge < -0.3 is 5.73 Å². The van der Waals surface area contributed by atoms with Crippen LogP contribution in [0, 0.1) is 18.2 Å². The molecule has 0 atom stereocenters. The molecule has 3 nitrogen and oxygen atoms in total. The van der Waals surface area contributed by atoms with Gasteiger partial charge in [-0.25, -0.2) is 4.39 Å². The van der Waals surface area contributed by atoms with E-state index >= 15 is 0 Å². The SMILES string of the molecule is Cc1cc(F)ccc1CN(CCC(=N)N)C1CC1. The number of amidine groups is 1.